The van der Waals surface area contributed by atoms with Crippen LogP contribution in [0.2, 0.25) is 0 Å². The van der Waals surface area contributed by atoms with E-state index in [1.165, 1.54) is 12.4 Å². The maximum atomic E-state index is 13.7. The molecule has 0 radical (unpaired) electrons. The fraction of sp³-hybridized carbons (Fsp3) is 0.346. The number of rotatable bonds is 7. The van der Waals surface area contributed by atoms with Gasteiger partial charge in [-0.3, -0.25) is 15.0 Å². The second kappa shape index (κ2) is 11.9. The van der Waals surface area contributed by atoms with E-state index >= 15 is 0 Å². The summed E-state index contributed by atoms with van der Waals surface area (Å²) >= 11 is 0. The Labute approximate surface area is 243 Å². The predicted molar refractivity (Wildman–Crippen MR) is 147 cm³/mol. The zero-order chi connectivity index (χ0) is 30.8. The monoisotopic (exact) mass is 617 g/mol. The van der Waals surface area contributed by atoms with Crippen LogP contribution < -0.4 is 10.6 Å². The molecule has 1 fully saturated rings. The first-order valence-electron chi connectivity index (χ1n) is 13.0. The highest BCUT2D eigenvalue weighted by Gasteiger charge is 2.36. The van der Waals surface area contributed by atoms with Crippen LogP contribution in [0.4, 0.5) is 29.7 Å². The number of pyridine rings is 1. The number of aromatic nitrogens is 7. The second-order valence-electron chi connectivity index (χ2n) is 9.94. The number of halogens is 3. The highest BCUT2D eigenvalue weighted by molar-refractivity contribution is 7.90. The Morgan fingerprint density at radius 3 is 2.42 bits per heavy atom. The zero-order valence-corrected chi connectivity index (χ0v) is 23.7. The Kier molecular flexibility index (Phi) is 8.25. The summed E-state index contributed by atoms with van der Waals surface area (Å²) in [6.45, 7) is 0. The molecule has 4 heterocycles. The van der Waals surface area contributed by atoms with E-state index in [1.54, 1.807) is 24.0 Å². The standard InChI is InChI=1S/C26H26F3N9O4S/c1-38-8-7-20(37-38)21-13-32-22(14-31-21)35-25(39)42-17-5-3-16(4-6-17)34-24-33-12-19(26(27,28)29)23(36-24)15-9-18(11-30-10-15)43(2,40)41/h7-14,16-17H,3-6H2,1-2H3,(H,32,35,39)(H,33,34,36). The largest absolute Gasteiger partial charge is 0.446 e. The Balaban J connectivity index is 1.18. The second-order valence-corrected chi connectivity index (χ2v) is 12.0. The van der Waals surface area contributed by atoms with E-state index in [2.05, 4.69) is 40.7 Å². The fourth-order valence-corrected chi connectivity index (χ4v) is 5.09. The summed E-state index contributed by atoms with van der Waals surface area (Å²) < 4.78 is 72.2. The highest BCUT2D eigenvalue weighted by Crippen LogP contribution is 2.36. The third-order valence-corrected chi connectivity index (χ3v) is 7.73. The van der Waals surface area contributed by atoms with Crippen molar-refractivity contribution in [3.8, 4) is 22.6 Å². The molecule has 17 heteroatoms. The molecular formula is C26H26F3N9O4S. The molecule has 5 rings (SSSR count). The van der Waals surface area contributed by atoms with Gasteiger partial charge >= 0.3 is 12.3 Å². The van der Waals surface area contributed by atoms with E-state index in [0.717, 1.165) is 24.7 Å². The average Bonchev–Trinajstić information content (AvgIpc) is 3.39. The average molecular weight is 618 g/mol. The molecule has 2 N–H and O–H groups in total. The summed E-state index contributed by atoms with van der Waals surface area (Å²) in [5.74, 6) is 0.162. The number of carbonyl (C=O) groups is 1. The van der Waals surface area contributed by atoms with Gasteiger partial charge in [-0.25, -0.2) is 33.1 Å². The number of alkyl halides is 3. The lowest BCUT2D eigenvalue weighted by Gasteiger charge is -2.29. The Morgan fingerprint density at radius 2 is 1.79 bits per heavy atom. The molecule has 0 bridgehead atoms. The normalized spacial score (nSPS) is 17.3. The summed E-state index contributed by atoms with van der Waals surface area (Å²) in [6, 6.07) is 2.69. The molecule has 0 saturated heterocycles. The molecule has 1 aliphatic carbocycles. The van der Waals surface area contributed by atoms with Gasteiger partial charge < -0.3 is 10.1 Å². The van der Waals surface area contributed by atoms with Crippen molar-refractivity contribution in [2.24, 2.45) is 7.05 Å². The summed E-state index contributed by atoms with van der Waals surface area (Å²) in [5.41, 5.74) is -0.531. The van der Waals surface area contributed by atoms with E-state index in [0.29, 0.717) is 43.3 Å². The Morgan fingerprint density at radius 1 is 1.02 bits per heavy atom. The maximum Gasteiger partial charge on any atom is 0.419 e. The van der Waals surface area contributed by atoms with Crippen molar-refractivity contribution >= 4 is 27.7 Å². The van der Waals surface area contributed by atoms with Crippen LogP contribution in [0.25, 0.3) is 22.6 Å². The summed E-state index contributed by atoms with van der Waals surface area (Å²) in [5, 5.41) is 9.83. The van der Waals surface area contributed by atoms with Crippen LogP contribution in [0, 0.1) is 0 Å². The van der Waals surface area contributed by atoms with Gasteiger partial charge in [0.1, 0.15) is 23.1 Å². The molecule has 1 amide bonds. The van der Waals surface area contributed by atoms with Crippen LogP contribution in [0.3, 0.4) is 0 Å². The van der Waals surface area contributed by atoms with Gasteiger partial charge in [-0.15, -0.1) is 0 Å². The minimum atomic E-state index is -4.78. The van der Waals surface area contributed by atoms with E-state index < -0.39 is 33.4 Å². The fourth-order valence-electron chi connectivity index (χ4n) is 4.50. The van der Waals surface area contributed by atoms with Crippen LogP contribution in [0.1, 0.15) is 31.2 Å². The van der Waals surface area contributed by atoms with Crippen molar-refractivity contribution in [2.45, 2.75) is 48.9 Å². The first-order valence-corrected chi connectivity index (χ1v) is 14.9. The van der Waals surface area contributed by atoms with Gasteiger partial charge in [0.25, 0.3) is 0 Å². The number of aryl methyl sites for hydroxylation is 1. The number of hydrogen-bond acceptors (Lipinski definition) is 11. The molecule has 4 aromatic heterocycles. The molecule has 0 unspecified atom stereocenters. The number of amides is 1. The zero-order valence-electron chi connectivity index (χ0n) is 22.9. The first kappa shape index (κ1) is 29.8. The third-order valence-electron chi connectivity index (χ3n) is 6.65. The van der Waals surface area contributed by atoms with Gasteiger partial charge in [0, 0.05) is 49.7 Å². The van der Waals surface area contributed by atoms with Crippen LogP contribution in [0.5, 0.6) is 0 Å². The van der Waals surface area contributed by atoms with Crippen LogP contribution in [-0.4, -0.2) is 67.6 Å². The number of nitrogens with one attached hydrogen (secondary N) is 2. The number of carbonyl (C=O) groups excluding carboxylic acids is 1. The first-order chi connectivity index (χ1) is 20.3. The van der Waals surface area contributed by atoms with Gasteiger partial charge in [-0.1, -0.05) is 0 Å². The van der Waals surface area contributed by atoms with Crippen molar-refractivity contribution in [3.63, 3.8) is 0 Å². The van der Waals surface area contributed by atoms with Crippen LogP contribution in [0.15, 0.2) is 54.2 Å². The lowest BCUT2D eigenvalue weighted by molar-refractivity contribution is -0.137. The van der Waals surface area contributed by atoms with Gasteiger partial charge in [0.15, 0.2) is 15.7 Å². The molecular weight excluding hydrogens is 591 g/mol. The van der Waals surface area contributed by atoms with Gasteiger partial charge in [0.05, 0.1) is 23.0 Å². The topological polar surface area (TPSA) is 167 Å². The molecule has 43 heavy (non-hydrogen) atoms. The Hall–Kier alpha value is -4.67. The van der Waals surface area contributed by atoms with E-state index in [-0.39, 0.29) is 34.4 Å². The smallest absolute Gasteiger partial charge is 0.419 e. The van der Waals surface area contributed by atoms with Crippen molar-refractivity contribution in [2.75, 3.05) is 16.9 Å². The minimum Gasteiger partial charge on any atom is -0.446 e. The summed E-state index contributed by atoms with van der Waals surface area (Å²) in [7, 11) is -1.93. The lowest BCUT2D eigenvalue weighted by Crippen LogP contribution is -2.32. The molecule has 226 valence electrons. The number of nitrogens with zero attached hydrogens (tertiary/aromatic N) is 7. The molecule has 4 aromatic rings. The van der Waals surface area contributed by atoms with Crippen molar-refractivity contribution in [1.29, 1.82) is 0 Å². The number of anilines is 2. The summed E-state index contributed by atoms with van der Waals surface area (Å²) in [4.78, 5) is 32.3. The lowest BCUT2D eigenvalue weighted by atomic mass is 9.93. The molecule has 13 nitrogen and oxygen atoms in total. The molecule has 0 atom stereocenters. The molecule has 0 aliphatic heterocycles. The minimum absolute atomic E-state index is 0.0532. The number of ether oxygens (including phenoxy) is 1. The van der Waals surface area contributed by atoms with Crippen molar-refractivity contribution in [1.82, 2.24) is 34.7 Å². The molecule has 0 spiro atoms. The SMILES string of the molecule is Cn1ccc(-c2cnc(NC(=O)OC3CCC(Nc4ncc(C(F)(F)F)c(-c5cncc(S(C)(=O)=O)c5)n4)CC3)cn2)n1. The van der Waals surface area contributed by atoms with E-state index in [9.17, 15) is 26.4 Å². The molecule has 0 aromatic carbocycles. The highest BCUT2D eigenvalue weighted by atomic mass is 32.2. The Bertz CT molecular complexity index is 1720. The van der Waals surface area contributed by atoms with Gasteiger partial charge in [-0.2, -0.15) is 18.3 Å². The number of sulfone groups is 1. The molecule has 1 saturated carbocycles. The summed E-state index contributed by atoms with van der Waals surface area (Å²) in [6.07, 6.45) is 4.62. The van der Waals surface area contributed by atoms with E-state index in [4.69, 9.17) is 4.74 Å². The van der Waals surface area contributed by atoms with Gasteiger partial charge in [0.2, 0.25) is 5.95 Å². The maximum absolute atomic E-state index is 13.7. The quantitative estimate of drug-likeness (QED) is 0.306. The predicted octanol–water partition coefficient (Wildman–Crippen LogP) is 4.12. The van der Waals surface area contributed by atoms with Gasteiger partial charge in [-0.05, 0) is 37.8 Å². The van der Waals surface area contributed by atoms with Crippen LogP contribution in [-0.2, 0) is 27.8 Å². The van der Waals surface area contributed by atoms with Crippen LogP contribution >= 0.6 is 0 Å². The van der Waals surface area contributed by atoms with Crippen molar-refractivity contribution < 1.29 is 31.1 Å². The van der Waals surface area contributed by atoms with Crippen molar-refractivity contribution in [3.05, 3.63) is 54.9 Å². The molecule has 1 aliphatic rings. The van der Waals surface area contributed by atoms with E-state index in [1.807, 2.05) is 0 Å². The third kappa shape index (κ3) is 7.40. The number of hydrogen-bond donors (Lipinski definition) is 2.